The Hall–Kier alpha value is -2.24. The van der Waals surface area contributed by atoms with E-state index in [-0.39, 0.29) is 23.5 Å². The quantitative estimate of drug-likeness (QED) is 0.870. The zero-order valence-electron chi connectivity index (χ0n) is 16.1. The second-order valence-electron chi connectivity index (χ2n) is 8.07. The van der Waals surface area contributed by atoms with E-state index in [0.717, 1.165) is 69.6 Å². The number of carbonyl (C=O) groups is 2. The van der Waals surface area contributed by atoms with Gasteiger partial charge < -0.3 is 19.9 Å². The molecule has 1 atom stereocenters. The summed E-state index contributed by atoms with van der Waals surface area (Å²) in [7, 11) is 1.69. The third kappa shape index (κ3) is 3.62. The van der Waals surface area contributed by atoms with Gasteiger partial charge in [0.25, 0.3) is 0 Å². The Morgan fingerprint density at radius 3 is 2.48 bits per heavy atom. The van der Waals surface area contributed by atoms with Gasteiger partial charge in [-0.05, 0) is 30.9 Å². The van der Waals surface area contributed by atoms with Crippen LogP contribution in [0.5, 0.6) is 5.75 Å². The zero-order valence-corrected chi connectivity index (χ0v) is 16.1. The number of hydrogen-bond donors (Lipinski definition) is 1. The lowest BCUT2D eigenvalue weighted by molar-refractivity contribution is -0.121. The molecule has 3 aliphatic heterocycles. The number of nitrogens with zero attached hydrogens (tertiary/aromatic N) is 2. The molecule has 3 aliphatic rings. The molecule has 6 heteroatoms. The van der Waals surface area contributed by atoms with Crippen molar-refractivity contribution in [3.8, 4) is 5.75 Å². The predicted octanol–water partition coefficient (Wildman–Crippen LogP) is 2.74. The fraction of sp³-hybridized carbons (Fsp3) is 0.619. The summed E-state index contributed by atoms with van der Waals surface area (Å²) in [6.45, 7) is 3.23. The van der Waals surface area contributed by atoms with E-state index < -0.39 is 0 Å². The Bertz CT molecular complexity index is 706. The third-order valence-corrected chi connectivity index (χ3v) is 6.34. The molecule has 27 heavy (non-hydrogen) atoms. The van der Waals surface area contributed by atoms with Crippen LogP contribution in [0, 0.1) is 0 Å². The van der Waals surface area contributed by atoms with Crippen molar-refractivity contribution in [1.82, 2.24) is 15.1 Å². The highest BCUT2D eigenvalue weighted by molar-refractivity contribution is 5.77. The molecule has 1 aromatic rings. The topological polar surface area (TPSA) is 61.9 Å². The van der Waals surface area contributed by atoms with Crippen LogP contribution in [0.25, 0.3) is 0 Å². The first-order valence-electron chi connectivity index (χ1n) is 10.1. The Morgan fingerprint density at radius 1 is 1.11 bits per heavy atom. The van der Waals surface area contributed by atoms with Crippen LogP contribution in [0.1, 0.15) is 50.0 Å². The first kappa shape index (κ1) is 18.1. The molecular formula is C21H29N3O3. The van der Waals surface area contributed by atoms with Gasteiger partial charge in [0.2, 0.25) is 5.91 Å². The van der Waals surface area contributed by atoms with Crippen molar-refractivity contribution in [1.29, 1.82) is 0 Å². The van der Waals surface area contributed by atoms with Crippen molar-refractivity contribution >= 4 is 11.9 Å². The molecule has 1 N–H and O–H groups in total. The minimum Gasteiger partial charge on any atom is -0.487 e. The minimum absolute atomic E-state index is 0.0634. The molecule has 2 saturated heterocycles. The van der Waals surface area contributed by atoms with Crippen LogP contribution in [0.3, 0.4) is 0 Å². The number of carbonyl (C=O) groups excluding carboxylic acids is 2. The first-order valence-corrected chi connectivity index (χ1v) is 10.1. The molecule has 0 radical (unpaired) electrons. The maximum absolute atomic E-state index is 12.7. The number of likely N-dealkylation sites (tertiary alicyclic amines) is 2. The number of nitrogens with one attached hydrogen (secondary N) is 1. The van der Waals surface area contributed by atoms with Crippen LogP contribution >= 0.6 is 0 Å². The van der Waals surface area contributed by atoms with E-state index >= 15 is 0 Å². The molecule has 146 valence electrons. The Labute approximate surface area is 160 Å². The molecule has 3 amide bonds. The standard InChI is InChI=1S/C21H29N3O3/c1-22-19(25)14-16-15-21(27-18-7-3-2-6-17(16)18)8-12-24(13-9-21)20(26)23-10-4-5-11-23/h2-3,6-7,16H,4-5,8-15H2,1H3,(H,22,25)/t16-/m1/s1. The number of para-hydroxylation sites is 1. The second kappa shape index (κ2) is 7.41. The van der Waals surface area contributed by atoms with E-state index in [4.69, 9.17) is 4.74 Å². The number of benzene rings is 1. The third-order valence-electron chi connectivity index (χ3n) is 6.34. The number of amides is 3. The molecule has 6 nitrogen and oxygen atoms in total. The fourth-order valence-corrected chi connectivity index (χ4v) is 4.77. The van der Waals surface area contributed by atoms with Crippen LogP contribution < -0.4 is 10.1 Å². The molecule has 0 saturated carbocycles. The Balaban J connectivity index is 1.47. The van der Waals surface area contributed by atoms with Crippen LogP contribution in [0.2, 0.25) is 0 Å². The summed E-state index contributed by atoms with van der Waals surface area (Å²) < 4.78 is 6.48. The van der Waals surface area contributed by atoms with Crippen molar-refractivity contribution in [3.63, 3.8) is 0 Å². The summed E-state index contributed by atoms with van der Waals surface area (Å²) in [6, 6.07) is 8.26. The lowest BCUT2D eigenvalue weighted by Gasteiger charge is -2.47. The van der Waals surface area contributed by atoms with Gasteiger partial charge in [0.15, 0.2) is 0 Å². The molecule has 0 bridgehead atoms. The number of rotatable bonds is 2. The number of piperidine rings is 1. The predicted molar refractivity (Wildman–Crippen MR) is 103 cm³/mol. The maximum Gasteiger partial charge on any atom is 0.320 e. The van der Waals surface area contributed by atoms with Crippen molar-refractivity contribution < 1.29 is 14.3 Å². The smallest absolute Gasteiger partial charge is 0.320 e. The van der Waals surface area contributed by atoms with Gasteiger partial charge in [-0.3, -0.25) is 4.79 Å². The first-order chi connectivity index (χ1) is 13.1. The van der Waals surface area contributed by atoms with E-state index in [2.05, 4.69) is 11.4 Å². The van der Waals surface area contributed by atoms with Gasteiger partial charge in [-0.25, -0.2) is 4.79 Å². The van der Waals surface area contributed by atoms with Gasteiger partial charge >= 0.3 is 6.03 Å². The monoisotopic (exact) mass is 371 g/mol. The highest BCUT2D eigenvalue weighted by atomic mass is 16.5. The molecule has 0 unspecified atom stereocenters. The Kier molecular flexibility index (Phi) is 4.98. The van der Waals surface area contributed by atoms with Crippen molar-refractivity contribution in [2.45, 2.75) is 50.0 Å². The second-order valence-corrected chi connectivity index (χ2v) is 8.07. The van der Waals surface area contributed by atoms with Gasteiger partial charge in [-0.1, -0.05) is 18.2 Å². The molecule has 1 spiro atoms. The summed E-state index contributed by atoms with van der Waals surface area (Å²) in [5.74, 6) is 1.13. The van der Waals surface area contributed by atoms with Crippen molar-refractivity contribution in [2.24, 2.45) is 0 Å². The zero-order chi connectivity index (χ0) is 18.9. The number of ether oxygens (including phenoxy) is 1. The minimum atomic E-state index is -0.269. The van der Waals surface area contributed by atoms with E-state index in [9.17, 15) is 9.59 Å². The maximum atomic E-state index is 12.7. The van der Waals surface area contributed by atoms with Crippen LogP contribution in [-0.2, 0) is 4.79 Å². The van der Waals surface area contributed by atoms with Gasteiger partial charge in [0, 0.05) is 58.4 Å². The van der Waals surface area contributed by atoms with Crippen LogP contribution in [-0.4, -0.2) is 60.6 Å². The normalized spacial score (nSPS) is 23.7. The highest BCUT2D eigenvalue weighted by Crippen LogP contribution is 2.46. The summed E-state index contributed by atoms with van der Waals surface area (Å²) >= 11 is 0. The van der Waals surface area contributed by atoms with Gasteiger partial charge in [-0.15, -0.1) is 0 Å². The molecule has 1 aromatic carbocycles. The van der Waals surface area contributed by atoms with Crippen molar-refractivity contribution in [2.75, 3.05) is 33.2 Å². The average Bonchev–Trinajstić information content (AvgIpc) is 3.23. The van der Waals surface area contributed by atoms with Gasteiger partial charge in [0.05, 0.1) is 0 Å². The molecule has 0 aromatic heterocycles. The lowest BCUT2D eigenvalue weighted by atomic mass is 9.76. The lowest BCUT2D eigenvalue weighted by Crippen LogP contribution is -2.54. The van der Waals surface area contributed by atoms with Gasteiger partial charge in [-0.2, -0.15) is 0 Å². The van der Waals surface area contributed by atoms with E-state index in [1.54, 1.807) is 7.05 Å². The molecule has 0 aliphatic carbocycles. The Morgan fingerprint density at radius 2 is 1.78 bits per heavy atom. The number of urea groups is 1. The van der Waals surface area contributed by atoms with Gasteiger partial charge in [0.1, 0.15) is 11.4 Å². The summed E-state index contributed by atoms with van der Waals surface area (Å²) in [5, 5.41) is 2.75. The van der Waals surface area contributed by atoms with E-state index in [1.807, 2.05) is 28.0 Å². The molecule has 4 rings (SSSR count). The fourth-order valence-electron chi connectivity index (χ4n) is 4.77. The highest BCUT2D eigenvalue weighted by Gasteiger charge is 2.44. The average molecular weight is 371 g/mol. The molecule has 2 fully saturated rings. The number of fused-ring (bicyclic) bond motifs is 1. The number of hydrogen-bond acceptors (Lipinski definition) is 3. The summed E-state index contributed by atoms with van der Waals surface area (Å²) in [5.41, 5.74) is 0.858. The molecule has 3 heterocycles. The van der Waals surface area contributed by atoms with Crippen molar-refractivity contribution in [3.05, 3.63) is 29.8 Å². The SMILES string of the molecule is CNC(=O)C[C@@H]1CC2(CCN(C(=O)N3CCCC3)CC2)Oc2ccccc21. The molecular weight excluding hydrogens is 342 g/mol. The van der Waals surface area contributed by atoms with E-state index in [0.29, 0.717) is 6.42 Å². The largest absolute Gasteiger partial charge is 0.487 e. The van der Waals surface area contributed by atoms with Crippen LogP contribution in [0.15, 0.2) is 24.3 Å². The summed E-state index contributed by atoms with van der Waals surface area (Å²) in [4.78, 5) is 28.7. The summed E-state index contributed by atoms with van der Waals surface area (Å²) in [6.07, 6.45) is 5.20. The van der Waals surface area contributed by atoms with E-state index in [1.165, 1.54) is 0 Å². The van der Waals surface area contributed by atoms with Crippen LogP contribution in [0.4, 0.5) is 4.79 Å².